The summed E-state index contributed by atoms with van der Waals surface area (Å²) in [5, 5.41) is 0.430. The van der Waals surface area contributed by atoms with Crippen molar-refractivity contribution in [3.63, 3.8) is 0 Å². The summed E-state index contributed by atoms with van der Waals surface area (Å²) in [7, 11) is -3.97. The van der Waals surface area contributed by atoms with Crippen LogP contribution in [0, 0.1) is 13.8 Å². The van der Waals surface area contributed by atoms with E-state index >= 15 is 0 Å². The van der Waals surface area contributed by atoms with Gasteiger partial charge in [-0.05, 0) is 67.4 Å². The number of aromatic nitrogens is 2. The van der Waals surface area contributed by atoms with Gasteiger partial charge in [-0.3, -0.25) is 4.79 Å². The highest BCUT2D eigenvalue weighted by molar-refractivity contribution is 7.91. The first-order valence-electron chi connectivity index (χ1n) is 8.69. The van der Waals surface area contributed by atoms with Crippen molar-refractivity contribution in [3.05, 3.63) is 77.7 Å². The second-order valence-corrected chi connectivity index (χ2v) is 8.73. The molecule has 2 heterocycles. The lowest BCUT2D eigenvalue weighted by Crippen LogP contribution is -2.16. The summed E-state index contributed by atoms with van der Waals surface area (Å²) in [6, 6.07) is 14.2. The SMILES string of the molecule is Cc1cc(C)cc(S(=O)(=O)c2c(C(N)=O)[nH]c3ccc(-n4cccc4)cc23)c1. The number of nitrogens with two attached hydrogens (primary N) is 1. The highest BCUT2D eigenvalue weighted by Gasteiger charge is 2.29. The van der Waals surface area contributed by atoms with Crippen LogP contribution in [0.2, 0.25) is 0 Å². The predicted octanol–water partition coefficient (Wildman–Crippen LogP) is 3.51. The average molecular weight is 393 g/mol. The summed E-state index contributed by atoms with van der Waals surface area (Å²) in [4.78, 5) is 15.0. The van der Waals surface area contributed by atoms with Crippen molar-refractivity contribution < 1.29 is 13.2 Å². The van der Waals surface area contributed by atoms with Crippen molar-refractivity contribution >= 4 is 26.6 Å². The van der Waals surface area contributed by atoms with E-state index in [0.29, 0.717) is 10.9 Å². The molecule has 0 aliphatic heterocycles. The van der Waals surface area contributed by atoms with E-state index in [1.165, 1.54) is 0 Å². The van der Waals surface area contributed by atoms with Crippen LogP contribution in [-0.2, 0) is 9.84 Å². The normalized spacial score (nSPS) is 11.8. The van der Waals surface area contributed by atoms with Crippen molar-refractivity contribution in [1.29, 1.82) is 0 Å². The van der Waals surface area contributed by atoms with Gasteiger partial charge in [-0.1, -0.05) is 6.07 Å². The van der Waals surface area contributed by atoms with Crippen molar-refractivity contribution in [2.24, 2.45) is 5.73 Å². The molecule has 7 heteroatoms. The molecule has 0 spiro atoms. The number of sulfone groups is 1. The van der Waals surface area contributed by atoms with Crippen LogP contribution in [0.4, 0.5) is 0 Å². The maximum atomic E-state index is 13.5. The molecule has 6 nitrogen and oxygen atoms in total. The number of hydrogen-bond donors (Lipinski definition) is 2. The molecule has 0 bridgehead atoms. The van der Waals surface area contributed by atoms with E-state index in [-0.39, 0.29) is 15.5 Å². The molecule has 0 unspecified atom stereocenters. The van der Waals surface area contributed by atoms with E-state index < -0.39 is 15.7 Å². The first-order chi connectivity index (χ1) is 13.3. The van der Waals surface area contributed by atoms with Crippen LogP contribution < -0.4 is 5.73 Å². The third-order valence-corrected chi connectivity index (χ3v) is 6.48. The molecular formula is C21H19N3O3S. The summed E-state index contributed by atoms with van der Waals surface area (Å²) in [6.07, 6.45) is 3.72. The fraction of sp³-hybridized carbons (Fsp3) is 0.0952. The molecule has 2 aromatic carbocycles. The molecule has 4 rings (SSSR count). The molecule has 0 fully saturated rings. The van der Waals surface area contributed by atoms with Gasteiger partial charge in [0.15, 0.2) is 0 Å². The molecule has 1 amide bonds. The van der Waals surface area contributed by atoms with Gasteiger partial charge >= 0.3 is 0 Å². The van der Waals surface area contributed by atoms with Gasteiger partial charge in [0, 0.05) is 29.0 Å². The highest BCUT2D eigenvalue weighted by Crippen LogP contribution is 2.33. The molecule has 0 saturated heterocycles. The van der Waals surface area contributed by atoms with Crippen LogP contribution >= 0.6 is 0 Å². The van der Waals surface area contributed by atoms with Gasteiger partial charge in [0.1, 0.15) is 10.6 Å². The van der Waals surface area contributed by atoms with Crippen LogP contribution in [0.15, 0.2) is 70.7 Å². The number of rotatable bonds is 4. The van der Waals surface area contributed by atoms with E-state index in [1.54, 1.807) is 24.3 Å². The number of amides is 1. The van der Waals surface area contributed by atoms with E-state index in [0.717, 1.165) is 16.8 Å². The topological polar surface area (TPSA) is 97.9 Å². The molecule has 142 valence electrons. The van der Waals surface area contributed by atoms with E-state index in [1.807, 2.05) is 55.1 Å². The van der Waals surface area contributed by atoms with Crippen molar-refractivity contribution in [2.75, 3.05) is 0 Å². The van der Waals surface area contributed by atoms with Crippen LogP contribution in [-0.4, -0.2) is 23.9 Å². The van der Waals surface area contributed by atoms with Gasteiger partial charge in [0.2, 0.25) is 9.84 Å². The lowest BCUT2D eigenvalue weighted by atomic mass is 10.2. The fourth-order valence-corrected chi connectivity index (χ4v) is 5.28. The number of benzene rings is 2. The Morgan fingerprint density at radius 2 is 1.64 bits per heavy atom. The molecule has 4 aromatic rings. The minimum Gasteiger partial charge on any atom is -0.364 e. The van der Waals surface area contributed by atoms with E-state index in [4.69, 9.17) is 5.73 Å². The average Bonchev–Trinajstić information content (AvgIpc) is 3.28. The van der Waals surface area contributed by atoms with E-state index in [9.17, 15) is 13.2 Å². The van der Waals surface area contributed by atoms with Gasteiger partial charge in [-0.15, -0.1) is 0 Å². The quantitative estimate of drug-likeness (QED) is 0.555. The number of fused-ring (bicyclic) bond motifs is 1. The maximum Gasteiger partial charge on any atom is 0.266 e. The molecule has 0 atom stereocenters. The Bertz CT molecular complexity index is 1300. The zero-order valence-electron chi connectivity index (χ0n) is 15.4. The first-order valence-corrected chi connectivity index (χ1v) is 10.2. The number of nitrogens with zero attached hydrogens (tertiary/aromatic N) is 1. The minimum atomic E-state index is -3.97. The molecule has 0 aliphatic carbocycles. The largest absolute Gasteiger partial charge is 0.364 e. The third kappa shape index (κ3) is 2.90. The third-order valence-electron chi connectivity index (χ3n) is 4.66. The number of aryl methyl sites for hydroxylation is 2. The lowest BCUT2D eigenvalue weighted by molar-refractivity contribution is 0.0993. The molecule has 0 aliphatic rings. The smallest absolute Gasteiger partial charge is 0.266 e. The number of primary amides is 1. The molecule has 0 saturated carbocycles. The van der Waals surface area contributed by atoms with Gasteiger partial charge < -0.3 is 15.3 Å². The van der Waals surface area contributed by atoms with Gasteiger partial charge in [-0.2, -0.15) is 0 Å². The fourth-order valence-electron chi connectivity index (χ4n) is 3.48. The Hall–Kier alpha value is -3.32. The number of carbonyl (C=O) groups excluding carboxylic acids is 1. The molecule has 28 heavy (non-hydrogen) atoms. The molecule has 3 N–H and O–H groups in total. The molecule has 2 aromatic heterocycles. The Kier molecular flexibility index (Phi) is 4.12. The summed E-state index contributed by atoms with van der Waals surface area (Å²) < 4.78 is 28.9. The number of carbonyl (C=O) groups is 1. The van der Waals surface area contributed by atoms with Crippen LogP contribution in [0.5, 0.6) is 0 Å². The summed E-state index contributed by atoms with van der Waals surface area (Å²) in [5.41, 5.74) is 8.36. The summed E-state index contributed by atoms with van der Waals surface area (Å²) in [5.74, 6) is -0.818. The van der Waals surface area contributed by atoms with Crippen molar-refractivity contribution in [1.82, 2.24) is 9.55 Å². The van der Waals surface area contributed by atoms with Crippen LogP contribution in [0.1, 0.15) is 21.6 Å². The Balaban J connectivity index is 2.04. The van der Waals surface area contributed by atoms with Gasteiger partial charge in [0.25, 0.3) is 5.91 Å². The second-order valence-electron chi connectivity index (χ2n) is 6.84. The van der Waals surface area contributed by atoms with Crippen molar-refractivity contribution in [2.45, 2.75) is 23.6 Å². The van der Waals surface area contributed by atoms with Gasteiger partial charge in [-0.25, -0.2) is 8.42 Å². The number of hydrogen-bond acceptors (Lipinski definition) is 3. The monoisotopic (exact) mass is 393 g/mol. The predicted molar refractivity (Wildman–Crippen MR) is 108 cm³/mol. The first kappa shape index (κ1) is 18.1. The molecule has 0 radical (unpaired) electrons. The standard InChI is InChI=1S/C21H19N3O3S/c1-13-9-14(2)11-16(10-13)28(26,27)20-17-12-15(24-7-3-4-8-24)5-6-18(17)23-19(20)21(22)25/h3-12,23H,1-2H3,(H2,22,25). The summed E-state index contributed by atoms with van der Waals surface area (Å²) in [6.45, 7) is 3.67. The van der Waals surface area contributed by atoms with Crippen LogP contribution in [0.25, 0.3) is 16.6 Å². The minimum absolute atomic E-state index is 0.0889. The number of aromatic amines is 1. The zero-order chi connectivity index (χ0) is 20.1. The van der Waals surface area contributed by atoms with Crippen LogP contribution in [0.3, 0.4) is 0 Å². The lowest BCUT2D eigenvalue weighted by Gasteiger charge is -2.09. The Labute approximate surface area is 162 Å². The Morgan fingerprint density at radius 1 is 1.00 bits per heavy atom. The van der Waals surface area contributed by atoms with E-state index in [2.05, 4.69) is 4.98 Å². The second kappa shape index (κ2) is 6.38. The maximum absolute atomic E-state index is 13.5. The number of nitrogens with one attached hydrogen (secondary N) is 1. The highest BCUT2D eigenvalue weighted by atomic mass is 32.2. The van der Waals surface area contributed by atoms with Gasteiger partial charge in [0.05, 0.1) is 4.90 Å². The number of H-pyrrole nitrogens is 1. The molecular weight excluding hydrogens is 374 g/mol. The zero-order valence-corrected chi connectivity index (χ0v) is 16.2. The Morgan fingerprint density at radius 3 is 2.25 bits per heavy atom. The summed E-state index contributed by atoms with van der Waals surface area (Å²) >= 11 is 0. The van der Waals surface area contributed by atoms with Crippen molar-refractivity contribution in [3.8, 4) is 5.69 Å².